The lowest BCUT2D eigenvalue weighted by Crippen LogP contribution is -2.43. The highest BCUT2D eigenvalue weighted by Crippen LogP contribution is 2.27. The predicted octanol–water partition coefficient (Wildman–Crippen LogP) is 3.44. The lowest BCUT2D eigenvalue weighted by Gasteiger charge is -2.34. The van der Waals surface area contributed by atoms with E-state index in [2.05, 4.69) is 33.7 Å². The summed E-state index contributed by atoms with van der Waals surface area (Å²) in [5.41, 5.74) is 4.17. The van der Waals surface area contributed by atoms with Crippen molar-refractivity contribution < 1.29 is 14.0 Å². The summed E-state index contributed by atoms with van der Waals surface area (Å²) in [5.74, 6) is -0.562. The average Bonchev–Trinajstić information content (AvgIpc) is 3.30. The van der Waals surface area contributed by atoms with E-state index in [0.29, 0.717) is 5.69 Å². The third-order valence-electron chi connectivity index (χ3n) is 5.53. The molecule has 6 heteroatoms. The highest BCUT2D eigenvalue weighted by molar-refractivity contribution is 6.39. The number of para-hydroxylation sites is 1. The second-order valence-electron chi connectivity index (χ2n) is 7.50. The van der Waals surface area contributed by atoms with Crippen LogP contribution in [0.15, 0.2) is 71.3 Å². The molecule has 1 aliphatic heterocycles. The van der Waals surface area contributed by atoms with E-state index in [1.807, 2.05) is 43.3 Å². The Balaban J connectivity index is 1.43. The molecule has 0 bridgehead atoms. The molecule has 0 saturated carbocycles. The van der Waals surface area contributed by atoms with Crippen molar-refractivity contribution in [1.29, 1.82) is 0 Å². The van der Waals surface area contributed by atoms with Crippen LogP contribution in [0.1, 0.15) is 28.5 Å². The van der Waals surface area contributed by atoms with Crippen molar-refractivity contribution in [3.63, 3.8) is 0 Å². The molecule has 1 aliphatic rings. The quantitative estimate of drug-likeness (QED) is 0.640. The number of nitrogens with one attached hydrogen (secondary N) is 2. The number of benzene rings is 2. The molecular formula is C24H25N3O3. The van der Waals surface area contributed by atoms with E-state index >= 15 is 0 Å². The van der Waals surface area contributed by atoms with Crippen LogP contribution in [0, 0.1) is 6.92 Å². The molecule has 2 N–H and O–H groups in total. The molecule has 0 saturated heterocycles. The summed E-state index contributed by atoms with van der Waals surface area (Å²) in [5, 5.41) is 5.45. The Morgan fingerprint density at radius 3 is 2.53 bits per heavy atom. The van der Waals surface area contributed by atoms with Crippen LogP contribution in [0.3, 0.4) is 0 Å². The molecule has 3 aromatic rings. The van der Waals surface area contributed by atoms with Crippen LogP contribution >= 0.6 is 0 Å². The predicted molar refractivity (Wildman–Crippen MR) is 115 cm³/mol. The molecule has 154 valence electrons. The van der Waals surface area contributed by atoms with Crippen molar-refractivity contribution in [2.75, 3.05) is 18.4 Å². The van der Waals surface area contributed by atoms with Gasteiger partial charge in [0.15, 0.2) is 0 Å². The topological polar surface area (TPSA) is 74.6 Å². The molecule has 1 atom stereocenters. The van der Waals surface area contributed by atoms with Gasteiger partial charge in [-0.05, 0) is 48.2 Å². The van der Waals surface area contributed by atoms with Gasteiger partial charge in [0.05, 0.1) is 12.3 Å². The van der Waals surface area contributed by atoms with E-state index in [4.69, 9.17) is 4.42 Å². The third-order valence-corrected chi connectivity index (χ3v) is 5.53. The van der Waals surface area contributed by atoms with Gasteiger partial charge in [0.25, 0.3) is 0 Å². The van der Waals surface area contributed by atoms with Crippen molar-refractivity contribution in [1.82, 2.24) is 10.2 Å². The number of nitrogens with zero attached hydrogens (tertiary/aromatic N) is 1. The highest BCUT2D eigenvalue weighted by atomic mass is 16.3. The fraction of sp³-hybridized carbons (Fsp3) is 0.250. The standard InChI is InChI=1S/C24H25N3O3/c1-17-7-2-5-10-20(17)26-24(29)23(28)25-15-21(22-11-6-14-30-22)27-13-12-18-8-3-4-9-19(18)16-27/h2-11,14,21H,12-13,15-16H2,1H3,(H,25,28)(H,26,29)/t21-/m0/s1. The Kier molecular flexibility index (Phi) is 5.95. The van der Waals surface area contributed by atoms with E-state index in [9.17, 15) is 9.59 Å². The number of hydrogen-bond donors (Lipinski definition) is 2. The van der Waals surface area contributed by atoms with Crippen LogP contribution < -0.4 is 10.6 Å². The Morgan fingerprint density at radius 2 is 1.77 bits per heavy atom. The molecule has 0 radical (unpaired) electrons. The summed E-state index contributed by atoms with van der Waals surface area (Å²) >= 11 is 0. The molecule has 2 aromatic carbocycles. The fourth-order valence-corrected chi connectivity index (χ4v) is 3.84. The van der Waals surface area contributed by atoms with E-state index in [-0.39, 0.29) is 12.6 Å². The number of hydrogen-bond acceptors (Lipinski definition) is 4. The van der Waals surface area contributed by atoms with Gasteiger partial charge in [-0.2, -0.15) is 0 Å². The van der Waals surface area contributed by atoms with Crippen LogP contribution in [0.4, 0.5) is 5.69 Å². The van der Waals surface area contributed by atoms with E-state index < -0.39 is 11.8 Å². The third kappa shape index (κ3) is 4.44. The first-order valence-electron chi connectivity index (χ1n) is 10.1. The first kappa shape index (κ1) is 19.9. The van der Waals surface area contributed by atoms with Crippen LogP contribution in [-0.4, -0.2) is 29.8 Å². The van der Waals surface area contributed by atoms with Crippen molar-refractivity contribution in [3.05, 3.63) is 89.4 Å². The molecule has 0 unspecified atom stereocenters. The Labute approximate surface area is 175 Å². The van der Waals surface area contributed by atoms with Gasteiger partial charge >= 0.3 is 11.8 Å². The van der Waals surface area contributed by atoms with Gasteiger partial charge in [0, 0.05) is 25.3 Å². The summed E-state index contributed by atoms with van der Waals surface area (Å²) in [6, 6.07) is 19.4. The van der Waals surface area contributed by atoms with Crippen LogP contribution in [0.5, 0.6) is 0 Å². The van der Waals surface area contributed by atoms with Crippen LogP contribution in [0.25, 0.3) is 0 Å². The SMILES string of the molecule is Cc1ccccc1NC(=O)C(=O)NC[C@@H](c1ccco1)N1CCc2ccccc2C1. The highest BCUT2D eigenvalue weighted by Gasteiger charge is 2.28. The number of furan rings is 1. The smallest absolute Gasteiger partial charge is 0.313 e. The number of carbonyl (C=O) groups is 2. The number of rotatable bonds is 5. The monoisotopic (exact) mass is 403 g/mol. The molecule has 0 aliphatic carbocycles. The molecule has 1 aromatic heterocycles. The molecule has 6 nitrogen and oxygen atoms in total. The van der Waals surface area contributed by atoms with E-state index in [1.165, 1.54) is 11.1 Å². The van der Waals surface area contributed by atoms with Crippen molar-refractivity contribution in [2.24, 2.45) is 0 Å². The first-order chi connectivity index (χ1) is 14.6. The van der Waals surface area contributed by atoms with Gasteiger partial charge in [0.1, 0.15) is 5.76 Å². The lowest BCUT2D eigenvalue weighted by atomic mass is 9.98. The number of carbonyl (C=O) groups excluding carboxylic acids is 2. The first-order valence-corrected chi connectivity index (χ1v) is 10.1. The van der Waals surface area contributed by atoms with Gasteiger partial charge in [-0.15, -0.1) is 0 Å². The van der Waals surface area contributed by atoms with Crippen molar-refractivity contribution in [3.8, 4) is 0 Å². The molecular weight excluding hydrogens is 378 g/mol. The maximum Gasteiger partial charge on any atom is 0.313 e. The van der Waals surface area contributed by atoms with Gasteiger partial charge in [-0.1, -0.05) is 42.5 Å². The zero-order chi connectivity index (χ0) is 20.9. The summed E-state index contributed by atoms with van der Waals surface area (Å²) in [7, 11) is 0. The normalized spacial score (nSPS) is 14.6. The van der Waals surface area contributed by atoms with Crippen LogP contribution in [-0.2, 0) is 22.6 Å². The molecule has 2 amide bonds. The minimum atomic E-state index is -0.675. The average molecular weight is 403 g/mol. The maximum atomic E-state index is 12.4. The summed E-state index contributed by atoms with van der Waals surface area (Å²) in [6.07, 6.45) is 2.57. The Bertz CT molecular complexity index is 1030. The van der Waals surface area contributed by atoms with Gasteiger partial charge in [-0.25, -0.2) is 0 Å². The summed E-state index contributed by atoms with van der Waals surface area (Å²) < 4.78 is 5.65. The molecule has 2 heterocycles. The summed E-state index contributed by atoms with van der Waals surface area (Å²) in [4.78, 5) is 27.1. The van der Waals surface area contributed by atoms with Crippen molar-refractivity contribution >= 4 is 17.5 Å². The van der Waals surface area contributed by atoms with Crippen molar-refractivity contribution in [2.45, 2.75) is 25.9 Å². The van der Waals surface area contributed by atoms with Gasteiger partial charge in [0.2, 0.25) is 0 Å². The van der Waals surface area contributed by atoms with Gasteiger partial charge in [-0.3, -0.25) is 14.5 Å². The largest absolute Gasteiger partial charge is 0.468 e. The number of anilines is 1. The fourth-order valence-electron chi connectivity index (χ4n) is 3.84. The van der Waals surface area contributed by atoms with E-state index in [1.54, 1.807) is 12.3 Å². The number of fused-ring (bicyclic) bond motifs is 1. The zero-order valence-corrected chi connectivity index (χ0v) is 16.9. The Morgan fingerprint density at radius 1 is 1.00 bits per heavy atom. The zero-order valence-electron chi connectivity index (χ0n) is 16.9. The molecule has 0 fully saturated rings. The molecule has 4 rings (SSSR count). The Hall–Kier alpha value is -3.38. The number of aryl methyl sites for hydroxylation is 1. The second-order valence-corrected chi connectivity index (χ2v) is 7.50. The molecule has 0 spiro atoms. The number of amides is 2. The maximum absolute atomic E-state index is 12.4. The second kappa shape index (κ2) is 8.97. The lowest BCUT2D eigenvalue weighted by molar-refractivity contribution is -0.136. The summed E-state index contributed by atoms with van der Waals surface area (Å²) in [6.45, 7) is 3.80. The minimum Gasteiger partial charge on any atom is -0.468 e. The van der Waals surface area contributed by atoms with E-state index in [0.717, 1.165) is 30.8 Å². The minimum absolute atomic E-state index is 0.149. The van der Waals surface area contributed by atoms with Crippen LogP contribution in [0.2, 0.25) is 0 Å². The van der Waals surface area contributed by atoms with Gasteiger partial charge < -0.3 is 15.1 Å². The molecule has 30 heavy (non-hydrogen) atoms.